The Morgan fingerprint density at radius 2 is 1.71 bits per heavy atom. The average Bonchev–Trinajstić information content (AvgIpc) is 2.53. The second-order valence-electron chi connectivity index (χ2n) is 7.40. The average molecular weight is 297 g/mol. The van der Waals surface area contributed by atoms with Crippen LogP contribution in [0.25, 0.3) is 0 Å². The van der Waals surface area contributed by atoms with Crippen LogP contribution in [0.1, 0.15) is 71.6 Å². The van der Waals surface area contributed by atoms with Gasteiger partial charge in [0.05, 0.1) is 18.8 Å². The first-order valence-electron chi connectivity index (χ1n) is 9.20. The zero-order valence-electron chi connectivity index (χ0n) is 14.0. The van der Waals surface area contributed by atoms with Crippen LogP contribution in [0.4, 0.5) is 0 Å². The zero-order chi connectivity index (χ0) is 15.1. The minimum atomic E-state index is -0.353. The fraction of sp³-hybridized carbons (Fsp3) is 1.00. The summed E-state index contributed by atoms with van der Waals surface area (Å²) in [6, 6.07) is 0.609. The molecule has 3 heteroatoms. The molecular formula is C18H35NO2. The summed E-state index contributed by atoms with van der Waals surface area (Å²) in [6.45, 7) is 5.80. The molecule has 0 spiro atoms. The molecule has 2 aliphatic carbocycles. The Labute approximate surface area is 130 Å². The number of nitrogens with one attached hydrogen (secondary N) is 1. The molecule has 0 aromatic carbocycles. The first-order valence-corrected chi connectivity index (χ1v) is 9.20. The molecule has 0 heterocycles. The Morgan fingerprint density at radius 1 is 1.05 bits per heavy atom. The van der Waals surface area contributed by atoms with Gasteiger partial charge in [-0.25, -0.2) is 0 Å². The number of hydrogen-bond acceptors (Lipinski definition) is 3. The van der Waals surface area contributed by atoms with Gasteiger partial charge in [0, 0.05) is 12.6 Å². The number of ether oxygens (including phenoxy) is 1. The van der Waals surface area contributed by atoms with Crippen molar-refractivity contribution >= 4 is 0 Å². The third-order valence-corrected chi connectivity index (χ3v) is 5.55. The highest BCUT2D eigenvalue weighted by atomic mass is 16.5. The largest absolute Gasteiger partial charge is 0.389 e. The van der Waals surface area contributed by atoms with E-state index in [4.69, 9.17) is 4.74 Å². The molecule has 0 aromatic rings. The summed E-state index contributed by atoms with van der Waals surface area (Å²) in [5.41, 5.74) is 0. The van der Waals surface area contributed by atoms with E-state index in [0.29, 0.717) is 25.3 Å². The Morgan fingerprint density at radius 3 is 2.33 bits per heavy atom. The fourth-order valence-corrected chi connectivity index (χ4v) is 3.78. The number of aliphatic hydroxyl groups excluding tert-OH is 1. The maximum Gasteiger partial charge on any atom is 0.0897 e. The molecule has 0 bridgehead atoms. The van der Waals surface area contributed by atoms with E-state index >= 15 is 0 Å². The molecule has 2 saturated carbocycles. The molecule has 21 heavy (non-hydrogen) atoms. The standard InChI is InChI=1S/C18H35NO2/c1-3-15-6-8-16(9-7-15)19-12-17(20)13-21-18-10-4-14(2)5-11-18/h14-20H,3-13H2,1-2H3. The molecule has 2 rings (SSSR count). The maximum absolute atomic E-state index is 10.1. The topological polar surface area (TPSA) is 41.5 Å². The second-order valence-corrected chi connectivity index (χ2v) is 7.40. The normalized spacial score (nSPS) is 35.6. The smallest absolute Gasteiger partial charge is 0.0897 e. The van der Waals surface area contributed by atoms with E-state index in [1.54, 1.807) is 0 Å². The molecule has 2 N–H and O–H groups in total. The van der Waals surface area contributed by atoms with Crippen LogP contribution in [0, 0.1) is 11.8 Å². The lowest BCUT2D eigenvalue weighted by Gasteiger charge is -2.30. The second kappa shape index (κ2) is 9.12. The van der Waals surface area contributed by atoms with Crippen LogP contribution in [0.5, 0.6) is 0 Å². The van der Waals surface area contributed by atoms with Crippen molar-refractivity contribution in [2.75, 3.05) is 13.2 Å². The van der Waals surface area contributed by atoms with Crippen LogP contribution >= 0.6 is 0 Å². The summed E-state index contributed by atoms with van der Waals surface area (Å²) < 4.78 is 5.88. The number of hydrogen-bond donors (Lipinski definition) is 2. The van der Waals surface area contributed by atoms with Gasteiger partial charge in [-0.3, -0.25) is 0 Å². The monoisotopic (exact) mass is 297 g/mol. The third kappa shape index (κ3) is 6.25. The van der Waals surface area contributed by atoms with E-state index in [1.165, 1.54) is 57.8 Å². The quantitative estimate of drug-likeness (QED) is 0.755. The van der Waals surface area contributed by atoms with E-state index < -0.39 is 0 Å². The highest BCUT2D eigenvalue weighted by Gasteiger charge is 2.22. The molecule has 0 aliphatic heterocycles. The van der Waals surface area contributed by atoms with E-state index in [2.05, 4.69) is 19.2 Å². The molecule has 1 unspecified atom stereocenters. The van der Waals surface area contributed by atoms with Crippen molar-refractivity contribution in [2.24, 2.45) is 11.8 Å². The molecule has 1 atom stereocenters. The lowest BCUT2D eigenvalue weighted by molar-refractivity contribution is -0.0287. The van der Waals surface area contributed by atoms with Crippen molar-refractivity contribution in [3.63, 3.8) is 0 Å². The van der Waals surface area contributed by atoms with Crippen LogP contribution < -0.4 is 5.32 Å². The van der Waals surface area contributed by atoms with Gasteiger partial charge in [0.1, 0.15) is 0 Å². The molecule has 124 valence electrons. The highest BCUT2D eigenvalue weighted by Crippen LogP contribution is 2.27. The van der Waals surface area contributed by atoms with Crippen molar-refractivity contribution in [1.82, 2.24) is 5.32 Å². The van der Waals surface area contributed by atoms with E-state index in [9.17, 15) is 5.11 Å². The van der Waals surface area contributed by atoms with Crippen molar-refractivity contribution in [3.05, 3.63) is 0 Å². The van der Waals surface area contributed by atoms with E-state index in [-0.39, 0.29) is 6.10 Å². The summed E-state index contributed by atoms with van der Waals surface area (Å²) in [7, 11) is 0. The molecule has 3 nitrogen and oxygen atoms in total. The first kappa shape index (κ1) is 17.2. The van der Waals surface area contributed by atoms with Gasteiger partial charge in [0.2, 0.25) is 0 Å². The predicted octanol–water partition coefficient (Wildman–Crippen LogP) is 3.50. The molecule has 0 amide bonds. The summed E-state index contributed by atoms with van der Waals surface area (Å²) in [5.74, 6) is 1.79. The van der Waals surface area contributed by atoms with Gasteiger partial charge < -0.3 is 15.2 Å². The van der Waals surface area contributed by atoms with Crippen LogP contribution in [-0.4, -0.2) is 36.5 Å². The Kier molecular flexibility index (Phi) is 7.48. The van der Waals surface area contributed by atoms with Gasteiger partial charge in [-0.05, 0) is 63.2 Å². The minimum Gasteiger partial charge on any atom is -0.389 e. The molecular weight excluding hydrogens is 262 g/mol. The molecule has 2 fully saturated rings. The lowest BCUT2D eigenvalue weighted by atomic mass is 9.84. The van der Waals surface area contributed by atoms with Crippen molar-refractivity contribution in [3.8, 4) is 0 Å². The van der Waals surface area contributed by atoms with Gasteiger partial charge >= 0.3 is 0 Å². The Hall–Kier alpha value is -0.120. The fourth-order valence-electron chi connectivity index (χ4n) is 3.78. The molecule has 0 saturated heterocycles. The van der Waals surface area contributed by atoms with Gasteiger partial charge in [0.15, 0.2) is 0 Å². The summed E-state index contributed by atoms with van der Waals surface area (Å²) in [5, 5.41) is 13.6. The zero-order valence-corrected chi connectivity index (χ0v) is 14.0. The van der Waals surface area contributed by atoms with Crippen LogP contribution in [0.15, 0.2) is 0 Å². The highest BCUT2D eigenvalue weighted by molar-refractivity contribution is 4.78. The molecule has 0 radical (unpaired) electrons. The maximum atomic E-state index is 10.1. The van der Waals surface area contributed by atoms with Crippen molar-refractivity contribution < 1.29 is 9.84 Å². The lowest BCUT2D eigenvalue weighted by Crippen LogP contribution is -2.40. The number of aliphatic hydroxyl groups is 1. The molecule has 2 aliphatic rings. The third-order valence-electron chi connectivity index (χ3n) is 5.55. The van der Waals surface area contributed by atoms with Gasteiger partial charge in [-0.2, -0.15) is 0 Å². The first-order chi connectivity index (χ1) is 10.2. The minimum absolute atomic E-state index is 0.353. The number of rotatable bonds is 7. The molecule has 0 aromatic heterocycles. The van der Waals surface area contributed by atoms with Crippen LogP contribution in [0.3, 0.4) is 0 Å². The van der Waals surface area contributed by atoms with Crippen LogP contribution in [-0.2, 0) is 4.74 Å². The Bertz CT molecular complexity index is 268. The summed E-state index contributed by atoms with van der Waals surface area (Å²) in [6.07, 6.45) is 11.5. The van der Waals surface area contributed by atoms with E-state index in [1.807, 2.05) is 0 Å². The van der Waals surface area contributed by atoms with Gasteiger partial charge in [-0.1, -0.05) is 20.3 Å². The summed E-state index contributed by atoms with van der Waals surface area (Å²) in [4.78, 5) is 0. The Balaban J connectivity index is 1.52. The van der Waals surface area contributed by atoms with Crippen molar-refractivity contribution in [2.45, 2.75) is 89.9 Å². The van der Waals surface area contributed by atoms with Gasteiger partial charge in [0.25, 0.3) is 0 Å². The SMILES string of the molecule is CCC1CCC(NCC(O)COC2CCC(C)CC2)CC1. The van der Waals surface area contributed by atoms with E-state index in [0.717, 1.165) is 11.8 Å². The summed E-state index contributed by atoms with van der Waals surface area (Å²) >= 11 is 0. The van der Waals surface area contributed by atoms with Crippen molar-refractivity contribution in [1.29, 1.82) is 0 Å². The predicted molar refractivity (Wildman–Crippen MR) is 87.4 cm³/mol. The van der Waals surface area contributed by atoms with Gasteiger partial charge in [-0.15, -0.1) is 0 Å². The van der Waals surface area contributed by atoms with Crippen LogP contribution in [0.2, 0.25) is 0 Å².